The zero-order valence-corrected chi connectivity index (χ0v) is 16.0. The number of anilines is 1. The van der Waals surface area contributed by atoms with Crippen LogP contribution in [0.5, 0.6) is 0 Å². The third-order valence-electron chi connectivity index (χ3n) is 5.92. The molecule has 0 atom stereocenters. The van der Waals surface area contributed by atoms with Crippen LogP contribution in [-0.2, 0) is 15.1 Å². The number of pyridine rings is 1. The number of esters is 1. The number of carbonyl (C=O) groups is 2. The molecule has 1 aromatic carbocycles. The molecule has 3 aromatic rings. The van der Waals surface area contributed by atoms with Gasteiger partial charge in [0.2, 0.25) is 5.91 Å². The first-order valence-corrected chi connectivity index (χ1v) is 9.84. The Labute approximate surface area is 172 Å². The molecule has 0 bridgehead atoms. The van der Waals surface area contributed by atoms with Crippen molar-refractivity contribution in [3.63, 3.8) is 0 Å². The molecule has 0 saturated heterocycles. The van der Waals surface area contributed by atoms with Crippen LogP contribution < -0.4 is 10.0 Å². The molecule has 3 heterocycles. The van der Waals surface area contributed by atoms with Crippen LogP contribution in [0.4, 0.5) is 5.82 Å². The van der Waals surface area contributed by atoms with Gasteiger partial charge in [-0.1, -0.05) is 35.5 Å². The topological polar surface area (TPSA) is 108 Å². The average molecular weight is 405 g/mol. The first-order chi connectivity index (χ1) is 14.5. The Kier molecular flexibility index (Phi) is 4.27. The zero-order chi connectivity index (χ0) is 20.7. The largest absolute Gasteiger partial charge is 0.619 e. The van der Waals surface area contributed by atoms with Crippen molar-refractivity contribution in [2.45, 2.75) is 31.3 Å². The van der Waals surface area contributed by atoms with E-state index < -0.39 is 11.6 Å². The fourth-order valence-corrected chi connectivity index (χ4v) is 4.32. The standard InChI is InChI=1S/C22H19N3O5/c26-20(23-19-12-18(30-24-19)14-4-2-1-3-5-14)15-6-9-22(10-7-15)17-13-25(28)11-8-16(17)21(27)29-22/h1-5,8,11-13,15H,6-7,9-10H2,(H,23,24,26)/t15-,22+. The van der Waals surface area contributed by atoms with E-state index in [9.17, 15) is 14.8 Å². The third kappa shape index (κ3) is 3.10. The van der Waals surface area contributed by atoms with Crippen LogP contribution in [0.2, 0.25) is 0 Å². The predicted molar refractivity (Wildman–Crippen MR) is 105 cm³/mol. The van der Waals surface area contributed by atoms with E-state index in [2.05, 4.69) is 10.5 Å². The van der Waals surface area contributed by atoms with E-state index >= 15 is 0 Å². The van der Waals surface area contributed by atoms with Crippen molar-refractivity contribution in [1.82, 2.24) is 5.16 Å². The third-order valence-corrected chi connectivity index (χ3v) is 5.92. The Morgan fingerprint density at radius 3 is 2.73 bits per heavy atom. The van der Waals surface area contributed by atoms with Crippen molar-refractivity contribution < 1.29 is 23.6 Å². The summed E-state index contributed by atoms with van der Waals surface area (Å²) >= 11 is 0. The molecule has 8 heteroatoms. The highest BCUT2D eigenvalue weighted by molar-refractivity contribution is 5.95. The molecule has 0 unspecified atom stereocenters. The average Bonchev–Trinajstić information content (AvgIpc) is 3.32. The molecule has 1 fully saturated rings. The van der Waals surface area contributed by atoms with Gasteiger partial charge in [-0.25, -0.2) is 4.79 Å². The Morgan fingerprint density at radius 1 is 1.20 bits per heavy atom. The summed E-state index contributed by atoms with van der Waals surface area (Å²) in [6.45, 7) is 0. The lowest BCUT2D eigenvalue weighted by Gasteiger charge is -2.35. The van der Waals surface area contributed by atoms with Crippen LogP contribution in [0, 0.1) is 11.1 Å². The first-order valence-electron chi connectivity index (χ1n) is 9.84. The van der Waals surface area contributed by atoms with Gasteiger partial charge in [0.25, 0.3) is 0 Å². The van der Waals surface area contributed by atoms with E-state index in [4.69, 9.17) is 9.26 Å². The summed E-state index contributed by atoms with van der Waals surface area (Å²) in [4.78, 5) is 24.9. The highest BCUT2D eigenvalue weighted by atomic mass is 16.6. The van der Waals surface area contributed by atoms with Gasteiger partial charge in [-0.05, 0) is 25.7 Å². The molecule has 2 aliphatic rings. The van der Waals surface area contributed by atoms with Gasteiger partial charge >= 0.3 is 5.97 Å². The molecular formula is C22H19N3O5. The van der Waals surface area contributed by atoms with E-state index in [1.165, 1.54) is 18.5 Å². The molecule has 1 amide bonds. The minimum Gasteiger partial charge on any atom is -0.619 e. The number of hydrogen-bond donors (Lipinski definition) is 1. The smallest absolute Gasteiger partial charge is 0.339 e. The Hall–Kier alpha value is -3.68. The molecule has 2 aromatic heterocycles. The highest BCUT2D eigenvalue weighted by Crippen LogP contribution is 2.47. The van der Waals surface area contributed by atoms with E-state index in [1.54, 1.807) is 6.07 Å². The molecule has 30 heavy (non-hydrogen) atoms. The summed E-state index contributed by atoms with van der Waals surface area (Å²) < 4.78 is 11.7. The lowest BCUT2D eigenvalue weighted by Crippen LogP contribution is -2.37. The van der Waals surface area contributed by atoms with Gasteiger partial charge in [0, 0.05) is 23.6 Å². The van der Waals surface area contributed by atoms with Crippen LogP contribution in [0.3, 0.4) is 0 Å². The summed E-state index contributed by atoms with van der Waals surface area (Å²) in [7, 11) is 0. The van der Waals surface area contributed by atoms with Gasteiger partial charge in [0.05, 0.1) is 11.1 Å². The van der Waals surface area contributed by atoms with Crippen molar-refractivity contribution in [2.75, 3.05) is 5.32 Å². The van der Waals surface area contributed by atoms with Gasteiger partial charge in [0.1, 0.15) is 5.60 Å². The molecule has 1 N–H and O–H groups in total. The normalized spacial score (nSPS) is 22.5. The van der Waals surface area contributed by atoms with Crippen molar-refractivity contribution in [1.29, 1.82) is 0 Å². The van der Waals surface area contributed by atoms with Gasteiger partial charge in [-0.15, -0.1) is 0 Å². The Bertz CT molecular complexity index is 1120. The molecule has 1 aliphatic heterocycles. The molecular weight excluding hydrogens is 386 g/mol. The molecule has 8 nitrogen and oxygen atoms in total. The second kappa shape index (κ2) is 6.98. The summed E-state index contributed by atoms with van der Waals surface area (Å²) in [5.74, 6) is 0.148. The van der Waals surface area contributed by atoms with Crippen molar-refractivity contribution in [2.24, 2.45) is 5.92 Å². The van der Waals surface area contributed by atoms with Gasteiger partial charge < -0.3 is 19.8 Å². The molecule has 5 rings (SSSR count). The molecule has 1 aliphatic carbocycles. The second-order valence-corrected chi connectivity index (χ2v) is 7.72. The van der Waals surface area contributed by atoms with Crippen LogP contribution in [-0.4, -0.2) is 17.0 Å². The van der Waals surface area contributed by atoms with Crippen molar-refractivity contribution in [3.05, 3.63) is 71.2 Å². The first kappa shape index (κ1) is 18.4. The second-order valence-electron chi connectivity index (χ2n) is 7.72. The van der Waals surface area contributed by atoms with Gasteiger partial charge in [-0.2, -0.15) is 4.73 Å². The van der Waals surface area contributed by atoms with Crippen molar-refractivity contribution >= 4 is 17.7 Å². The van der Waals surface area contributed by atoms with E-state index in [0.29, 0.717) is 53.1 Å². The number of nitrogens with one attached hydrogen (secondary N) is 1. The van der Waals surface area contributed by atoms with Gasteiger partial charge in [0.15, 0.2) is 24.0 Å². The monoisotopic (exact) mass is 405 g/mol. The number of rotatable bonds is 3. The van der Waals surface area contributed by atoms with E-state index in [-0.39, 0.29) is 11.8 Å². The summed E-state index contributed by atoms with van der Waals surface area (Å²) in [5.41, 5.74) is 1.11. The lowest BCUT2D eigenvalue weighted by molar-refractivity contribution is -0.606. The van der Waals surface area contributed by atoms with E-state index in [0.717, 1.165) is 5.56 Å². The fraction of sp³-hybridized carbons (Fsp3) is 0.273. The number of benzene rings is 1. The number of ether oxygens (including phenoxy) is 1. The van der Waals surface area contributed by atoms with Crippen molar-refractivity contribution in [3.8, 4) is 11.3 Å². The maximum Gasteiger partial charge on any atom is 0.339 e. The van der Waals surface area contributed by atoms with Gasteiger partial charge in [-0.3, -0.25) is 4.79 Å². The summed E-state index contributed by atoms with van der Waals surface area (Å²) in [6, 6.07) is 12.7. The number of nitrogens with zero attached hydrogens (tertiary/aromatic N) is 2. The number of carbonyl (C=O) groups excluding carboxylic acids is 2. The summed E-state index contributed by atoms with van der Waals surface area (Å²) in [5, 5.41) is 18.5. The Morgan fingerprint density at radius 2 is 1.97 bits per heavy atom. The van der Waals surface area contributed by atoms with Crippen LogP contribution in [0.15, 0.2) is 59.4 Å². The Balaban J connectivity index is 1.26. The fourth-order valence-electron chi connectivity index (χ4n) is 4.32. The predicted octanol–water partition coefficient (Wildman–Crippen LogP) is 3.17. The quantitative estimate of drug-likeness (QED) is 0.407. The molecule has 1 saturated carbocycles. The maximum atomic E-state index is 12.7. The van der Waals surface area contributed by atoms with E-state index in [1.807, 2.05) is 30.3 Å². The number of aromatic nitrogens is 2. The molecule has 0 radical (unpaired) electrons. The zero-order valence-electron chi connectivity index (χ0n) is 16.0. The number of amides is 1. The highest BCUT2D eigenvalue weighted by Gasteiger charge is 2.50. The minimum absolute atomic E-state index is 0.144. The number of hydrogen-bond acceptors (Lipinski definition) is 6. The number of fused-ring (bicyclic) bond motifs is 2. The molecule has 1 spiro atoms. The lowest BCUT2D eigenvalue weighted by atomic mass is 9.75. The summed E-state index contributed by atoms with van der Waals surface area (Å²) in [6.07, 6.45) is 4.75. The van der Waals surface area contributed by atoms with Crippen LogP contribution >= 0.6 is 0 Å². The van der Waals surface area contributed by atoms with Crippen LogP contribution in [0.1, 0.15) is 41.6 Å². The minimum atomic E-state index is -0.814. The SMILES string of the molecule is O=C1O[C@]2(CC[C@@H](C(=O)Nc3cc(-c4ccccc4)on3)CC2)c2c[n+]([O-])ccc21. The maximum absolute atomic E-state index is 12.7. The molecule has 152 valence electrons. The van der Waals surface area contributed by atoms with Crippen LogP contribution in [0.25, 0.3) is 11.3 Å².